The monoisotopic (exact) mass is 249 g/mol. The Morgan fingerprint density at radius 3 is 3.00 bits per heavy atom. The Labute approximate surface area is 109 Å². The van der Waals surface area contributed by atoms with Gasteiger partial charge in [0.25, 0.3) is 0 Å². The summed E-state index contributed by atoms with van der Waals surface area (Å²) in [6.07, 6.45) is 2.43. The van der Waals surface area contributed by atoms with Crippen LogP contribution in [-0.2, 0) is 11.3 Å². The van der Waals surface area contributed by atoms with Crippen molar-refractivity contribution in [3.8, 4) is 5.75 Å². The van der Waals surface area contributed by atoms with Gasteiger partial charge >= 0.3 is 0 Å². The van der Waals surface area contributed by atoms with Gasteiger partial charge in [0.2, 0.25) is 0 Å². The zero-order chi connectivity index (χ0) is 13.0. The van der Waals surface area contributed by atoms with Crippen molar-refractivity contribution in [2.75, 3.05) is 26.8 Å². The molecule has 1 aliphatic heterocycles. The number of hydrogen-bond acceptors (Lipinski definition) is 3. The standard InChI is InChI=1S/C15H23NO2/c1-12-5-6-15(17)14(8-12)10-16(2)9-13-4-3-7-18-11-13/h5-6,8,13,17H,3-4,7,9-11H2,1-2H3. The van der Waals surface area contributed by atoms with E-state index >= 15 is 0 Å². The highest BCUT2D eigenvalue weighted by atomic mass is 16.5. The molecule has 1 atom stereocenters. The number of hydrogen-bond donors (Lipinski definition) is 1. The van der Waals surface area contributed by atoms with Crippen LogP contribution in [0.25, 0.3) is 0 Å². The minimum Gasteiger partial charge on any atom is -0.508 e. The summed E-state index contributed by atoms with van der Waals surface area (Å²) < 4.78 is 5.50. The summed E-state index contributed by atoms with van der Waals surface area (Å²) >= 11 is 0. The molecule has 1 N–H and O–H groups in total. The largest absolute Gasteiger partial charge is 0.508 e. The minimum atomic E-state index is 0.396. The number of rotatable bonds is 4. The lowest BCUT2D eigenvalue weighted by atomic mass is 10.0. The minimum absolute atomic E-state index is 0.396. The summed E-state index contributed by atoms with van der Waals surface area (Å²) in [5.74, 6) is 1.03. The van der Waals surface area contributed by atoms with E-state index in [1.165, 1.54) is 18.4 Å². The number of phenolic OH excluding ortho intramolecular Hbond substituents is 1. The van der Waals surface area contributed by atoms with Crippen LogP contribution in [0, 0.1) is 12.8 Å². The van der Waals surface area contributed by atoms with E-state index in [1.54, 1.807) is 6.07 Å². The maximum Gasteiger partial charge on any atom is 0.120 e. The van der Waals surface area contributed by atoms with Gasteiger partial charge in [0, 0.05) is 25.3 Å². The molecule has 0 bridgehead atoms. The van der Waals surface area contributed by atoms with E-state index in [0.29, 0.717) is 11.7 Å². The predicted molar refractivity (Wildman–Crippen MR) is 72.7 cm³/mol. The Kier molecular flexibility index (Phi) is 4.61. The van der Waals surface area contributed by atoms with Crippen LogP contribution in [0.15, 0.2) is 18.2 Å². The molecule has 0 saturated carbocycles. The molecule has 3 heteroatoms. The lowest BCUT2D eigenvalue weighted by Crippen LogP contribution is -2.30. The van der Waals surface area contributed by atoms with Crippen molar-refractivity contribution in [3.05, 3.63) is 29.3 Å². The molecule has 3 nitrogen and oxygen atoms in total. The summed E-state index contributed by atoms with van der Waals surface area (Å²) in [4.78, 5) is 2.27. The lowest BCUT2D eigenvalue weighted by Gasteiger charge is -2.27. The number of ether oxygens (including phenoxy) is 1. The highest BCUT2D eigenvalue weighted by Gasteiger charge is 2.16. The number of nitrogens with zero attached hydrogens (tertiary/aromatic N) is 1. The molecule has 18 heavy (non-hydrogen) atoms. The first-order valence-electron chi connectivity index (χ1n) is 6.70. The molecule has 0 aromatic heterocycles. The van der Waals surface area contributed by atoms with Crippen molar-refractivity contribution >= 4 is 0 Å². The van der Waals surface area contributed by atoms with Crippen molar-refractivity contribution in [2.24, 2.45) is 5.92 Å². The number of phenols is 1. The zero-order valence-corrected chi connectivity index (χ0v) is 11.4. The summed E-state index contributed by atoms with van der Waals surface area (Å²) in [5.41, 5.74) is 2.20. The van der Waals surface area contributed by atoms with Gasteiger partial charge in [0.15, 0.2) is 0 Å². The van der Waals surface area contributed by atoms with Crippen molar-refractivity contribution in [1.29, 1.82) is 0 Å². The van der Waals surface area contributed by atoms with Gasteiger partial charge in [-0.25, -0.2) is 0 Å². The van der Waals surface area contributed by atoms with E-state index < -0.39 is 0 Å². The molecule has 1 unspecified atom stereocenters. The van der Waals surface area contributed by atoms with E-state index in [1.807, 2.05) is 6.07 Å². The summed E-state index contributed by atoms with van der Waals surface area (Å²) in [7, 11) is 2.11. The first-order chi connectivity index (χ1) is 8.65. The van der Waals surface area contributed by atoms with Crippen LogP contribution in [0.2, 0.25) is 0 Å². The summed E-state index contributed by atoms with van der Waals surface area (Å²) in [5, 5.41) is 9.84. The first-order valence-corrected chi connectivity index (χ1v) is 6.70. The average molecular weight is 249 g/mol. The van der Waals surface area contributed by atoms with Crippen LogP contribution in [0.4, 0.5) is 0 Å². The van der Waals surface area contributed by atoms with Crippen LogP contribution < -0.4 is 0 Å². The Morgan fingerprint density at radius 2 is 2.28 bits per heavy atom. The molecule has 0 amide bonds. The molecule has 0 aliphatic carbocycles. The Balaban J connectivity index is 1.89. The van der Waals surface area contributed by atoms with Gasteiger partial charge in [-0.2, -0.15) is 0 Å². The third-order valence-electron chi connectivity index (χ3n) is 3.50. The molecule has 1 saturated heterocycles. The van der Waals surface area contributed by atoms with E-state index in [0.717, 1.165) is 31.9 Å². The lowest BCUT2D eigenvalue weighted by molar-refractivity contribution is 0.0411. The summed E-state index contributed by atoms with van der Waals surface area (Å²) in [6.45, 7) is 5.68. The van der Waals surface area contributed by atoms with Crippen LogP contribution in [0.5, 0.6) is 5.75 Å². The highest BCUT2D eigenvalue weighted by molar-refractivity contribution is 5.35. The van der Waals surface area contributed by atoms with Crippen molar-refractivity contribution in [1.82, 2.24) is 4.90 Å². The van der Waals surface area contributed by atoms with Gasteiger partial charge in [0.1, 0.15) is 5.75 Å². The topological polar surface area (TPSA) is 32.7 Å². The molecule has 0 spiro atoms. The molecule has 1 aromatic carbocycles. The van der Waals surface area contributed by atoms with E-state index in [4.69, 9.17) is 4.74 Å². The molecule has 2 rings (SSSR count). The van der Waals surface area contributed by atoms with Crippen molar-refractivity contribution < 1.29 is 9.84 Å². The van der Waals surface area contributed by atoms with Gasteiger partial charge in [0.05, 0.1) is 6.61 Å². The van der Waals surface area contributed by atoms with E-state index in [9.17, 15) is 5.11 Å². The second-order valence-electron chi connectivity index (χ2n) is 5.41. The van der Waals surface area contributed by atoms with Gasteiger partial charge in [-0.3, -0.25) is 0 Å². The zero-order valence-electron chi connectivity index (χ0n) is 11.4. The molecular formula is C15H23NO2. The van der Waals surface area contributed by atoms with Crippen molar-refractivity contribution in [2.45, 2.75) is 26.3 Å². The van der Waals surface area contributed by atoms with E-state index in [2.05, 4.69) is 24.9 Å². The Bertz CT molecular complexity index is 386. The molecule has 1 fully saturated rings. The molecule has 0 radical (unpaired) electrons. The second kappa shape index (κ2) is 6.21. The maximum absolute atomic E-state index is 9.84. The molecule has 1 aliphatic rings. The molecule has 1 heterocycles. The highest BCUT2D eigenvalue weighted by Crippen LogP contribution is 2.21. The third kappa shape index (κ3) is 3.72. The fourth-order valence-electron chi connectivity index (χ4n) is 2.59. The second-order valence-corrected chi connectivity index (χ2v) is 5.41. The van der Waals surface area contributed by atoms with Crippen molar-refractivity contribution in [3.63, 3.8) is 0 Å². The fourth-order valence-corrected chi connectivity index (χ4v) is 2.59. The molecule has 100 valence electrons. The summed E-state index contributed by atoms with van der Waals surface area (Å²) in [6, 6.07) is 5.78. The SMILES string of the molecule is Cc1ccc(O)c(CN(C)CC2CCCOC2)c1. The van der Waals surface area contributed by atoms with Gasteiger partial charge in [-0.1, -0.05) is 17.7 Å². The molecular weight excluding hydrogens is 226 g/mol. The average Bonchev–Trinajstić information content (AvgIpc) is 2.35. The van der Waals surface area contributed by atoms with Gasteiger partial charge in [-0.15, -0.1) is 0 Å². The smallest absolute Gasteiger partial charge is 0.120 e. The number of benzene rings is 1. The maximum atomic E-state index is 9.84. The third-order valence-corrected chi connectivity index (χ3v) is 3.50. The number of aromatic hydroxyl groups is 1. The van der Waals surface area contributed by atoms with Gasteiger partial charge < -0.3 is 14.7 Å². The van der Waals surface area contributed by atoms with Crippen LogP contribution >= 0.6 is 0 Å². The van der Waals surface area contributed by atoms with Crippen LogP contribution in [0.1, 0.15) is 24.0 Å². The van der Waals surface area contributed by atoms with E-state index in [-0.39, 0.29) is 0 Å². The quantitative estimate of drug-likeness (QED) is 0.890. The van der Waals surface area contributed by atoms with Gasteiger partial charge in [-0.05, 0) is 38.8 Å². The number of aryl methyl sites for hydroxylation is 1. The Hall–Kier alpha value is -1.06. The van der Waals surface area contributed by atoms with Crippen LogP contribution in [-0.4, -0.2) is 36.8 Å². The van der Waals surface area contributed by atoms with Crippen LogP contribution in [0.3, 0.4) is 0 Å². The predicted octanol–water partition coefficient (Wildman–Crippen LogP) is 2.56. The Morgan fingerprint density at radius 1 is 1.44 bits per heavy atom. The first kappa shape index (κ1) is 13.4. The molecule has 1 aromatic rings. The normalized spacial score (nSPS) is 20.3. The fraction of sp³-hybridized carbons (Fsp3) is 0.600.